The highest BCUT2D eigenvalue weighted by atomic mass is 35.5. The van der Waals surface area contributed by atoms with E-state index in [1.807, 2.05) is 6.07 Å². The van der Waals surface area contributed by atoms with Crippen LogP contribution in [-0.2, 0) is 0 Å². The molecule has 0 saturated heterocycles. The van der Waals surface area contributed by atoms with Crippen molar-refractivity contribution in [3.05, 3.63) is 99.3 Å². The number of aliphatic hydroxyl groups is 1. The minimum absolute atomic E-state index is 0.100. The standard InChI is InChI=1S/C22H13ClN4O2/c23-16-8-2-4-10-18(16)27-20(26-17-9-3-1-7-15(17)22(27)29)12-19(28)21-14(13-24)6-5-11-25-21/h1-12,28H. The Balaban J connectivity index is 2.04. The fourth-order valence-electron chi connectivity index (χ4n) is 3.00. The summed E-state index contributed by atoms with van der Waals surface area (Å²) in [6.07, 6.45) is 2.77. The zero-order valence-electron chi connectivity index (χ0n) is 15.0. The number of fused-ring (bicyclic) bond motifs is 1. The lowest BCUT2D eigenvalue weighted by atomic mass is 10.1. The average molecular weight is 401 g/mol. The maximum Gasteiger partial charge on any atom is 0.266 e. The van der Waals surface area contributed by atoms with Crippen molar-refractivity contribution in [2.75, 3.05) is 0 Å². The Morgan fingerprint density at radius 1 is 1.10 bits per heavy atom. The molecule has 140 valence electrons. The second kappa shape index (κ2) is 7.58. The number of rotatable bonds is 3. The highest BCUT2D eigenvalue weighted by Gasteiger charge is 2.15. The van der Waals surface area contributed by atoms with E-state index in [1.54, 1.807) is 60.7 Å². The van der Waals surface area contributed by atoms with Gasteiger partial charge in [-0.1, -0.05) is 35.9 Å². The third-order valence-electron chi connectivity index (χ3n) is 4.33. The predicted molar refractivity (Wildman–Crippen MR) is 112 cm³/mol. The number of nitriles is 1. The van der Waals surface area contributed by atoms with Gasteiger partial charge >= 0.3 is 0 Å². The highest BCUT2D eigenvalue weighted by molar-refractivity contribution is 6.32. The smallest absolute Gasteiger partial charge is 0.266 e. The summed E-state index contributed by atoms with van der Waals surface area (Å²) in [4.78, 5) is 21.8. The third-order valence-corrected chi connectivity index (χ3v) is 4.65. The lowest BCUT2D eigenvalue weighted by Crippen LogP contribution is -2.22. The Kier molecular flexibility index (Phi) is 4.82. The summed E-state index contributed by atoms with van der Waals surface area (Å²) < 4.78 is 1.33. The van der Waals surface area contributed by atoms with Crippen LogP contribution in [0, 0.1) is 11.3 Å². The number of aromatic nitrogens is 3. The molecule has 0 fully saturated rings. The molecular weight excluding hydrogens is 388 g/mol. The van der Waals surface area contributed by atoms with E-state index < -0.39 is 0 Å². The topological polar surface area (TPSA) is 91.8 Å². The second-order valence-electron chi connectivity index (χ2n) is 6.12. The molecule has 0 bridgehead atoms. The van der Waals surface area contributed by atoms with Gasteiger partial charge in [0.2, 0.25) is 0 Å². The normalized spacial score (nSPS) is 11.4. The van der Waals surface area contributed by atoms with Crippen LogP contribution in [0.5, 0.6) is 0 Å². The van der Waals surface area contributed by atoms with Gasteiger partial charge in [-0.3, -0.25) is 14.3 Å². The summed E-state index contributed by atoms with van der Waals surface area (Å²) in [5.74, 6) is -0.126. The Bertz CT molecular complexity index is 1370. The summed E-state index contributed by atoms with van der Waals surface area (Å²) in [6.45, 7) is 0. The fraction of sp³-hybridized carbons (Fsp3) is 0. The van der Waals surface area contributed by atoms with Gasteiger partial charge in [-0.05, 0) is 36.4 Å². The monoisotopic (exact) mass is 400 g/mol. The van der Waals surface area contributed by atoms with Crippen molar-refractivity contribution in [1.82, 2.24) is 14.5 Å². The maximum atomic E-state index is 13.2. The van der Waals surface area contributed by atoms with E-state index in [0.717, 1.165) is 0 Å². The summed E-state index contributed by atoms with van der Waals surface area (Å²) in [5.41, 5.74) is 0.875. The van der Waals surface area contributed by atoms with Gasteiger partial charge < -0.3 is 5.11 Å². The fourth-order valence-corrected chi connectivity index (χ4v) is 3.22. The van der Waals surface area contributed by atoms with Gasteiger partial charge in [-0.2, -0.15) is 5.26 Å². The molecule has 2 aromatic carbocycles. The van der Waals surface area contributed by atoms with Crippen LogP contribution in [0.1, 0.15) is 17.1 Å². The number of pyridine rings is 1. The average Bonchev–Trinajstić information content (AvgIpc) is 2.75. The van der Waals surface area contributed by atoms with Gasteiger partial charge in [0, 0.05) is 12.3 Å². The molecule has 0 aliphatic carbocycles. The molecule has 0 spiro atoms. The molecule has 0 aliphatic rings. The first-order valence-corrected chi connectivity index (χ1v) is 9.01. The lowest BCUT2D eigenvalue weighted by Gasteiger charge is -2.13. The van der Waals surface area contributed by atoms with E-state index in [-0.39, 0.29) is 28.4 Å². The van der Waals surface area contributed by atoms with Gasteiger partial charge in [0.1, 0.15) is 23.3 Å². The van der Waals surface area contributed by atoms with Crippen LogP contribution in [0.25, 0.3) is 28.4 Å². The van der Waals surface area contributed by atoms with Crippen molar-refractivity contribution in [3.8, 4) is 11.8 Å². The molecule has 0 saturated carbocycles. The molecule has 29 heavy (non-hydrogen) atoms. The first-order valence-electron chi connectivity index (χ1n) is 8.63. The minimum Gasteiger partial charge on any atom is -0.505 e. The molecule has 1 N–H and O–H groups in total. The predicted octanol–water partition coefficient (Wildman–Crippen LogP) is 4.36. The molecular formula is C22H13ClN4O2. The molecule has 4 aromatic rings. The molecule has 2 aromatic heterocycles. The van der Waals surface area contributed by atoms with Crippen molar-refractivity contribution in [2.24, 2.45) is 0 Å². The van der Waals surface area contributed by atoms with E-state index in [9.17, 15) is 15.2 Å². The number of aliphatic hydroxyl groups excluding tert-OH is 1. The van der Waals surface area contributed by atoms with Gasteiger partial charge in [-0.15, -0.1) is 0 Å². The summed E-state index contributed by atoms with van der Waals surface area (Å²) >= 11 is 6.33. The third kappa shape index (κ3) is 3.35. The van der Waals surface area contributed by atoms with Crippen LogP contribution in [0.15, 0.2) is 71.7 Å². The van der Waals surface area contributed by atoms with Crippen molar-refractivity contribution in [2.45, 2.75) is 0 Å². The van der Waals surface area contributed by atoms with E-state index in [1.165, 1.54) is 16.8 Å². The Morgan fingerprint density at radius 3 is 2.66 bits per heavy atom. The zero-order valence-corrected chi connectivity index (χ0v) is 15.7. The maximum absolute atomic E-state index is 13.2. The van der Waals surface area contributed by atoms with E-state index >= 15 is 0 Å². The van der Waals surface area contributed by atoms with Gasteiger partial charge in [0.15, 0.2) is 0 Å². The van der Waals surface area contributed by atoms with Crippen LogP contribution in [0.2, 0.25) is 5.02 Å². The largest absolute Gasteiger partial charge is 0.505 e. The van der Waals surface area contributed by atoms with Gasteiger partial charge in [-0.25, -0.2) is 4.98 Å². The molecule has 2 heterocycles. The molecule has 4 rings (SSSR count). The minimum atomic E-state index is -0.329. The molecule has 0 aliphatic heterocycles. The molecule has 0 unspecified atom stereocenters. The van der Waals surface area contributed by atoms with E-state index in [2.05, 4.69) is 9.97 Å². The van der Waals surface area contributed by atoms with E-state index in [4.69, 9.17) is 11.6 Å². The van der Waals surface area contributed by atoms with Crippen molar-refractivity contribution < 1.29 is 5.11 Å². The second-order valence-corrected chi connectivity index (χ2v) is 6.53. The van der Waals surface area contributed by atoms with Gasteiger partial charge in [0.05, 0.1) is 27.2 Å². The Morgan fingerprint density at radius 2 is 1.86 bits per heavy atom. The number of hydrogen-bond acceptors (Lipinski definition) is 5. The molecule has 0 radical (unpaired) electrons. The number of nitrogens with zero attached hydrogens (tertiary/aromatic N) is 4. The van der Waals surface area contributed by atoms with Gasteiger partial charge in [0.25, 0.3) is 5.56 Å². The molecule has 0 amide bonds. The number of para-hydroxylation sites is 2. The number of benzene rings is 2. The quantitative estimate of drug-likeness (QED) is 0.516. The first-order chi connectivity index (χ1) is 14.1. The highest BCUT2D eigenvalue weighted by Crippen LogP contribution is 2.23. The van der Waals surface area contributed by atoms with Crippen LogP contribution in [0.3, 0.4) is 0 Å². The first kappa shape index (κ1) is 18.4. The molecule has 0 atom stereocenters. The molecule has 7 heteroatoms. The Labute approximate surface area is 170 Å². The van der Waals surface area contributed by atoms with Crippen LogP contribution < -0.4 is 5.56 Å². The van der Waals surface area contributed by atoms with Crippen LogP contribution in [-0.4, -0.2) is 19.6 Å². The zero-order chi connectivity index (χ0) is 20.4. The number of hydrogen-bond donors (Lipinski definition) is 1. The SMILES string of the molecule is N#Cc1cccnc1C(O)=Cc1nc2ccccc2c(=O)n1-c1ccccc1Cl. The van der Waals surface area contributed by atoms with Crippen LogP contribution in [0.4, 0.5) is 0 Å². The summed E-state index contributed by atoms with van der Waals surface area (Å²) in [5, 5.41) is 20.7. The number of halogens is 1. The Hall–Kier alpha value is -3.95. The lowest BCUT2D eigenvalue weighted by molar-refractivity contribution is 0.511. The van der Waals surface area contributed by atoms with Crippen LogP contribution >= 0.6 is 11.6 Å². The van der Waals surface area contributed by atoms with Crippen molar-refractivity contribution in [3.63, 3.8) is 0 Å². The summed E-state index contributed by atoms with van der Waals surface area (Å²) in [6, 6.07) is 18.9. The van der Waals surface area contributed by atoms with Crippen molar-refractivity contribution >= 4 is 34.3 Å². The summed E-state index contributed by atoms with van der Waals surface area (Å²) in [7, 11) is 0. The van der Waals surface area contributed by atoms with E-state index in [0.29, 0.717) is 21.6 Å². The molecule has 6 nitrogen and oxygen atoms in total. The van der Waals surface area contributed by atoms with Crippen molar-refractivity contribution in [1.29, 1.82) is 5.26 Å².